The van der Waals surface area contributed by atoms with Crippen molar-refractivity contribution in [2.75, 3.05) is 0 Å². The molecule has 38 heteroatoms. The molecule has 0 aliphatic rings. The highest BCUT2D eigenvalue weighted by atomic mass is 32.1. The van der Waals surface area contributed by atoms with E-state index in [-0.39, 0.29) is 102 Å². The molecule has 0 bridgehead atoms. The largest absolute Gasteiger partial charge is 0.421 e. The van der Waals surface area contributed by atoms with E-state index in [1.807, 2.05) is 88.5 Å². The number of halogens is 25. The van der Waals surface area contributed by atoms with Gasteiger partial charge in [0.1, 0.15) is 76.4 Å². The molecule has 0 amide bonds. The average molecular weight is 1940 g/mol. The number of benzene rings is 11. The molecule has 12 nitrogen and oxygen atoms in total. The monoisotopic (exact) mass is 1930 g/mol. The highest BCUT2D eigenvalue weighted by molar-refractivity contribution is 7.17. The summed E-state index contributed by atoms with van der Waals surface area (Å²) in [7, 11) is 10.2. The van der Waals surface area contributed by atoms with Gasteiger partial charge in [-0.1, -0.05) is 70.0 Å². The molecule has 0 atom stereocenters. The summed E-state index contributed by atoms with van der Waals surface area (Å²) in [4.78, 5) is 21.1. The Morgan fingerprint density at radius 3 is 1.15 bits per heavy atom. The fourth-order valence-electron chi connectivity index (χ4n) is 18.1. The highest BCUT2D eigenvalue weighted by Crippen LogP contribution is 2.45. The van der Waals surface area contributed by atoms with E-state index < -0.39 is 165 Å². The van der Waals surface area contributed by atoms with E-state index in [4.69, 9.17) is 0 Å². The van der Waals surface area contributed by atoms with Crippen LogP contribution in [0.1, 0.15) is 133 Å². The molecule has 0 N–H and O–H groups in total. The molecule has 0 aliphatic carbocycles. The third kappa shape index (κ3) is 16.3. The van der Waals surface area contributed by atoms with Crippen LogP contribution in [0.2, 0.25) is 0 Å². The second-order valence-corrected chi connectivity index (χ2v) is 33.4. The lowest BCUT2D eigenvalue weighted by molar-refractivity contribution is -0.736. The first-order chi connectivity index (χ1) is 63.8. The Morgan fingerprint density at radius 2 is 0.662 bits per heavy atom. The van der Waals surface area contributed by atoms with E-state index >= 15 is 0 Å². The maximum Gasteiger partial charge on any atom is 0.421 e. The Balaban J connectivity index is 0.000000138. The Morgan fingerprint density at radius 1 is 0.279 bits per heavy atom. The lowest BCUT2D eigenvalue weighted by Gasteiger charge is -2.14. The number of nitrogens with zero attached hydrogens (tertiary/aromatic N) is 12. The van der Waals surface area contributed by atoms with Crippen LogP contribution in [0.4, 0.5) is 110 Å². The van der Waals surface area contributed by atoms with Gasteiger partial charge < -0.3 is 0 Å². The lowest BCUT2D eigenvalue weighted by atomic mass is 9.97. The minimum atomic E-state index is -4.45. The predicted molar refractivity (Wildman–Crippen MR) is 463 cm³/mol. The smallest absolute Gasteiger partial charge is 0.239 e. The number of alkyl halides is 3. The van der Waals surface area contributed by atoms with Crippen molar-refractivity contribution in [2.45, 2.75) is 149 Å². The van der Waals surface area contributed by atoms with Crippen molar-refractivity contribution in [3.8, 4) is 0 Å². The molecule has 7 heterocycles. The van der Waals surface area contributed by atoms with Crippen molar-refractivity contribution < 1.29 is 137 Å². The van der Waals surface area contributed by atoms with Crippen LogP contribution in [-0.2, 0) is 87.0 Å². The SMILES string of the molecule is CCc1c(C)nc2c(F)c3c(F)c(F)sc3c(C)c2[n+]1C.CCc1c(C)nc2c3c(F)c(F)c(F)c(F)c3c(F)c(C)c2[n+]1C.CCc1c2c(F)c(F)c3c(F)c(F)c(F)c(F)c3c2c(C)n[n+]1C.CCc1c2c(F)c(F)c3c(F)c(F)c(F)c(F)c3c2nc(C)[n+]1C.CCc1c2cc3cc(C)ccc3c(C(F)(F)F)c2nc(C)[n+]1C.CCc1c2cc3cc(F)ccc3c(F)c2nc(C)[n+]1C. The van der Waals surface area contributed by atoms with E-state index in [0.29, 0.717) is 84.2 Å². The van der Waals surface area contributed by atoms with Crippen molar-refractivity contribution in [1.82, 2.24) is 30.0 Å². The molecule has 11 aromatic carbocycles. The molecule has 18 aromatic rings. The molecular formula is C98H83F25N12S+6. The van der Waals surface area contributed by atoms with Crippen molar-refractivity contribution in [2.24, 2.45) is 42.3 Å². The molecule has 0 spiro atoms. The van der Waals surface area contributed by atoms with E-state index in [9.17, 15) is 110 Å². The van der Waals surface area contributed by atoms with Gasteiger partial charge in [-0.3, -0.25) is 0 Å². The van der Waals surface area contributed by atoms with E-state index in [1.165, 1.54) is 55.3 Å². The number of aryl methyl sites for hydroxylation is 16. The van der Waals surface area contributed by atoms with Gasteiger partial charge >= 0.3 is 6.18 Å². The summed E-state index contributed by atoms with van der Waals surface area (Å²) in [5.41, 5.74) is 7.00. The van der Waals surface area contributed by atoms with Gasteiger partial charge in [-0.15, -0.1) is 11.3 Å². The molecule has 0 aliphatic heterocycles. The Bertz CT molecular complexity index is 8210. The first-order valence-corrected chi connectivity index (χ1v) is 43.0. The summed E-state index contributed by atoms with van der Waals surface area (Å²) in [5.74, 6) is -32.2. The number of thiophene rings is 1. The minimum Gasteiger partial charge on any atom is -0.239 e. The molecule has 0 saturated heterocycles. The quantitative estimate of drug-likeness (QED) is 0.0411. The van der Waals surface area contributed by atoms with E-state index in [0.717, 1.165) is 52.4 Å². The summed E-state index contributed by atoms with van der Waals surface area (Å²) in [6, 6.07) is 12.8. The maximum absolute atomic E-state index is 14.7. The summed E-state index contributed by atoms with van der Waals surface area (Å²) in [5, 5.41) is -1.10. The predicted octanol–water partition coefficient (Wildman–Crippen LogP) is 23.6. The standard InChI is InChI=1S/C18H18F3N2.C17H14F5N2.2C16H11F6N2.C16H15F2N2.C15H14F3N2S/c1-5-15-14-9-12-8-10(2)6-7-13(12)16(18(19,20)21)17(14)22-11(3)23(15)4;1-5-8-7(3)23-16-10-9(11(18)6(2)17(16)24(8)4)12(19)14(21)15(22)13(10)20;1-4-6-7-10(17)11(18)8-9(16(7)23-5(2)24(6)3)13(20)15(22)14(21)12(8)19;1-4-6-8-7(5(2)23-24(6)3)9-10(13(19)11(8)17)14(20)16(22)15(21)12(9)18;1-4-14-13-8-10-7-11(17)5-6-12(10)15(18)16(13)19-9(2)20(14)3;1-5-8-7(3)19-12-10(16)9-11(17)15(18)21-14(9)6(2)13(12)20(8)4/h6-9H,5H2,1-4H3;5H2,1-4H3;2*4H2,1-3H3;5-8H,4H2,1-3H3;5H2,1-4H3/q6*+1. The van der Waals surface area contributed by atoms with Gasteiger partial charge in [-0.25, -0.2) is 116 Å². The van der Waals surface area contributed by atoms with Crippen molar-refractivity contribution >= 4 is 141 Å². The van der Waals surface area contributed by atoms with E-state index in [2.05, 4.69) is 30.0 Å². The summed E-state index contributed by atoms with van der Waals surface area (Å²) in [6.07, 6.45) is -1.28. The number of fused-ring (bicyclic) bond motifs is 15. The third-order valence-electron chi connectivity index (χ3n) is 24.8. The molecule has 0 fully saturated rings. The minimum absolute atomic E-state index is 0.00786. The van der Waals surface area contributed by atoms with Crippen molar-refractivity contribution in [3.05, 3.63) is 267 Å². The van der Waals surface area contributed by atoms with Crippen molar-refractivity contribution in [1.29, 1.82) is 0 Å². The second-order valence-electron chi connectivity index (χ2n) is 32.4. The van der Waals surface area contributed by atoms with E-state index in [1.54, 1.807) is 78.4 Å². The zero-order valence-corrected chi connectivity index (χ0v) is 77.4. The molecule has 0 saturated carbocycles. The van der Waals surface area contributed by atoms with Gasteiger partial charge in [0.2, 0.25) is 44.3 Å². The van der Waals surface area contributed by atoms with Gasteiger partial charge in [-0.2, -0.15) is 26.7 Å². The molecule has 0 radical (unpaired) electrons. The molecular weight excluding hydrogens is 1850 g/mol. The van der Waals surface area contributed by atoms with Crippen molar-refractivity contribution in [3.63, 3.8) is 0 Å². The van der Waals surface area contributed by atoms with Gasteiger partial charge in [0, 0.05) is 81.0 Å². The topological polar surface area (TPSA) is 101 Å². The Labute approximate surface area is 762 Å². The lowest BCUT2D eigenvalue weighted by Crippen LogP contribution is -2.39. The zero-order valence-electron chi connectivity index (χ0n) is 76.6. The van der Waals surface area contributed by atoms with Crippen LogP contribution in [0.5, 0.6) is 0 Å². The van der Waals surface area contributed by atoms with Gasteiger partial charge in [-0.05, 0) is 108 Å². The fraction of sp³-hybridized carbons (Fsp3) is 0.286. The number of aromatic nitrogens is 12. The van der Waals surface area contributed by atoms with Crippen LogP contribution in [0, 0.1) is 190 Å². The zero-order chi connectivity index (χ0) is 101. The maximum atomic E-state index is 14.7. The van der Waals surface area contributed by atoms with Crippen LogP contribution in [0.15, 0.2) is 48.5 Å². The first-order valence-electron chi connectivity index (χ1n) is 42.2. The second kappa shape index (κ2) is 37.6. The Kier molecular flexibility index (Phi) is 27.7. The third-order valence-corrected chi connectivity index (χ3v) is 25.8. The van der Waals surface area contributed by atoms with Crippen LogP contribution in [0.3, 0.4) is 0 Å². The number of hydrogen-bond donors (Lipinski definition) is 0. The van der Waals surface area contributed by atoms with Gasteiger partial charge in [0.25, 0.3) is 17.5 Å². The molecule has 18 rings (SSSR count). The van der Waals surface area contributed by atoms with Gasteiger partial charge in [0.15, 0.2) is 129 Å². The number of rotatable bonds is 6. The van der Waals surface area contributed by atoms with Crippen LogP contribution >= 0.6 is 11.3 Å². The summed E-state index contributed by atoms with van der Waals surface area (Å²) < 4.78 is 360. The molecule has 7 aromatic heterocycles. The molecule has 0 unspecified atom stereocenters. The van der Waals surface area contributed by atoms with Crippen LogP contribution in [-0.4, -0.2) is 30.0 Å². The van der Waals surface area contributed by atoms with Crippen LogP contribution in [0.25, 0.3) is 129 Å². The average Bonchev–Trinajstić information content (AvgIpc) is 0.892. The Hall–Kier alpha value is -13.0. The normalized spacial score (nSPS) is 11.8. The first kappa shape index (κ1) is 100. The number of hydrogen-bond acceptors (Lipinski definition) is 7. The van der Waals surface area contributed by atoms with Gasteiger partial charge in [0.05, 0.1) is 79.9 Å². The summed E-state index contributed by atoms with van der Waals surface area (Å²) >= 11 is 0.638. The molecule has 710 valence electrons. The highest BCUT2D eigenvalue weighted by Gasteiger charge is 2.41. The molecule has 136 heavy (non-hydrogen) atoms. The van der Waals surface area contributed by atoms with Crippen LogP contribution < -0.4 is 27.5 Å². The summed E-state index contributed by atoms with van der Waals surface area (Å²) in [6.45, 7) is 26.0. The fourth-order valence-corrected chi connectivity index (χ4v) is 19.0.